The van der Waals surface area contributed by atoms with Gasteiger partial charge in [0.2, 0.25) is 0 Å². The van der Waals surface area contributed by atoms with Crippen LogP contribution in [-0.4, -0.2) is 32.1 Å². The second kappa shape index (κ2) is 8.57. The molecular formula is C23H20N2O5. The lowest BCUT2D eigenvalue weighted by molar-refractivity contribution is 0.101. The first-order chi connectivity index (χ1) is 14.6. The lowest BCUT2D eigenvalue weighted by Crippen LogP contribution is -2.17. The van der Waals surface area contributed by atoms with Crippen molar-refractivity contribution in [3.63, 3.8) is 0 Å². The summed E-state index contributed by atoms with van der Waals surface area (Å²) in [5.74, 6) is 1.21. The van der Waals surface area contributed by atoms with Gasteiger partial charge in [-0.25, -0.2) is 0 Å². The minimum Gasteiger partial charge on any atom is -0.495 e. The summed E-state index contributed by atoms with van der Waals surface area (Å²) >= 11 is 0. The number of carbonyl (C=O) groups excluding carboxylic acids is 2. The van der Waals surface area contributed by atoms with Crippen molar-refractivity contribution in [1.29, 1.82) is 0 Å². The maximum Gasteiger partial charge on any atom is 0.255 e. The van der Waals surface area contributed by atoms with Crippen molar-refractivity contribution in [3.05, 3.63) is 77.9 Å². The average Bonchev–Trinajstić information content (AvgIpc) is 2.79. The Labute approximate surface area is 173 Å². The van der Waals surface area contributed by atoms with Crippen LogP contribution in [-0.2, 0) is 0 Å². The van der Waals surface area contributed by atoms with Gasteiger partial charge >= 0.3 is 0 Å². The van der Waals surface area contributed by atoms with Gasteiger partial charge in [0, 0.05) is 16.8 Å². The van der Waals surface area contributed by atoms with Crippen molar-refractivity contribution < 1.29 is 23.8 Å². The fourth-order valence-corrected chi connectivity index (χ4v) is 3.04. The molecule has 0 bridgehead atoms. The number of methoxy groups -OCH3 is 1. The van der Waals surface area contributed by atoms with E-state index >= 15 is 0 Å². The number of nitrogens with one attached hydrogen (secondary N) is 2. The van der Waals surface area contributed by atoms with Crippen LogP contribution < -0.4 is 24.8 Å². The van der Waals surface area contributed by atoms with Crippen molar-refractivity contribution in [2.24, 2.45) is 0 Å². The zero-order valence-electron chi connectivity index (χ0n) is 16.3. The van der Waals surface area contributed by atoms with E-state index in [1.165, 1.54) is 0 Å². The molecule has 0 spiro atoms. The highest BCUT2D eigenvalue weighted by Gasteiger charge is 2.15. The van der Waals surface area contributed by atoms with Crippen LogP contribution in [0.25, 0.3) is 0 Å². The molecular weight excluding hydrogens is 384 g/mol. The van der Waals surface area contributed by atoms with Crippen molar-refractivity contribution in [1.82, 2.24) is 0 Å². The van der Waals surface area contributed by atoms with Crippen LogP contribution >= 0.6 is 0 Å². The SMILES string of the molecule is COc1ccccc1NC(=O)c1ccc(NC(=O)c2ccc3c(c2)OCCO3)cc1. The highest BCUT2D eigenvalue weighted by Crippen LogP contribution is 2.31. The Balaban J connectivity index is 1.42. The Kier molecular flexibility index (Phi) is 5.52. The molecule has 3 aromatic rings. The number of fused-ring (bicyclic) bond motifs is 1. The first kappa shape index (κ1) is 19.3. The number of para-hydroxylation sites is 2. The van der Waals surface area contributed by atoms with Gasteiger partial charge in [-0.05, 0) is 54.6 Å². The lowest BCUT2D eigenvalue weighted by Gasteiger charge is -2.18. The van der Waals surface area contributed by atoms with E-state index in [9.17, 15) is 9.59 Å². The third kappa shape index (κ3) is 4.20. The molecule has 7 nitrogen and oxygen atoms in total. The molecule has 152 valence electrons. The first-order valence-corrected chi connectivity index (χ1v) is 9.39. The smallest absolute Gasteiger partial charge is 0.255 e. The zero-order chi connectivity index (χ0) is 20.9. The summed E-state index contributed by atoms with van der Waals surface area (Å²) in [7, 11) is 1.55. The van der Waals surface area contributed by atoms with Crippen LogP contribution in [0.4, 0.5) is 11.4 Å². The van der Waals surface area contributed by atoms with E-state index in [2.05, 4.69) is 10.6 Å². The van der Waals surface area contributed by atoms with Crippen LogP contribution in [0.2, 0.25) is 0 Å². The number of hydrogen-bond donors (Lipinski definition) is 2. The molecule has 0 atom stereocenters. The molecule has 0 aromatic heterocycles. The van der Waals surface area contributed by atoms with E-state index in [4.69, 9.17) is 14.2 Å². The van der Waals surface area contributed by atoms with E-state index in [0.717, 1.165) is 0 Å². The largest absolute Gasteiger partial charge is 0.495 e. The second-order valence-electron chi connectivity index (χ2n) is 6.54. The van der Waals surface area contributed by atoms with Crippen LogP contribution in [0.5, 0.6) is 17.2 Å². The Morgan fingerprint density at radius 2 is 1.47 bits per heavy atom. The minimum absolute atomic E-state index is 0.274. The molecule has 0 radical (unpaired) electrons. The molecule has 0 saturated heterocycles. The molecule has 0 unspecified atom stereocenters. The van der Waals surface area contributed by atoms with E-state index in [-0.39, 0.29) is 11.8 Å². The maximum atomic E-state index is 12.5. The van der Waals surface area contributed by atoms with E-state index in [1.54, 1.807) is 61.7 Å². The highest BCUT2D eigenvalue weighted by atomic mass is 16.6. The lowest BCUT2D eigenvalue weighted by atomic mass is 10.1. The molecule has 0 fully saturated rings. The third-order valence-electron chi connectivity index (χ3n) is 4.56. The summed E-state index contributed by atoms with van der Waals surface area (Å²) in [4.78, 5) is 25.0. The summed E-state index contributed by atoms with van der Waals surface area (Å²) in [5, 5.41) is 5.63. The molecule has 2 amide bonds. The summed E-state index contributed by atoms with van der Waals surface area (Å²) in [6.45, 7) is 0.950. The predicted molar refractivity (Wildman–Crippen MR) is 113 cm³/mol. The van der Waals surface area contributed by atoms with Crippen LogP contribution in [0, 0.1) is 0 Å². The summed E-state index contributed by atoms with van der Waals surface area (Å²) in [6, 6.07) is 18.9. The fraction of sp³-hybridized carbons (Fsp3) is 0.130. The van der Waals surface area contributed by atoms with E-state index < -0.39 is 0 Å². The van der Waals surface area contributed by atoms with E-state index in [0.29, 0.717) is 53.0 Å². The molecule has 3 aromatic carbocycles. The molecule has 0 aliphatic carbocycles. The van der Waals surface area contributed by atoms with Gasteiger partial charge < -0.3 is 24.8 Å². The number of carbonyl (C=O) groups is 2. The third-order valence-corrected chi connectivity index (χ3v) is 4.56. The topological polar surface area (TPSA) is 85.9 Å². The normalized spacial score (nSPS) is 12.0. The van der Waals surface area contributed by atoms with Gasteiger partial charge in [0.15, 0.2) is 11.5 Å². The Hall–Kier alpha value is -4.00. The number of rotatable bonds is 5. The molecule has 7 heteroatoms. The monoisotopic (exact) mass is 404 g/mol. The summed E-state index contributed by atoms with van der Waals surface area (Å²) in [6.07, 6.45) is 0. The molecule has 30 heavy (non-hydrogen) atoms. The standard InChI is InChI=1S/C23H20N2O5/c1-28-19-5-3-2-4-18(19)25-22(26)15-6-9-17(10-7-15)24-23(27)16-8-11-20-21(14-16)30-13-12-29-20/h2-11,14H,12-13H2,1H3,(H,24,27)(H,25,26). The van der Waals surface area contributed by atoms with Crippen molar-refractivity contribution in [2.45, 2.75) is 0 Å². The van der Waals surface area contributed by atoms with Crippen LogP contribution in [0.1, 0.15) is 20.7 Å². The number of anilines is 2. The molecule has 1 heterocycles. The quantitative estimate of drug-likeness (QED) is 0.672. The predicted octanol–water partition coefficient (Wildman–Crippen LogP) is 3.97. The maximum absolute atomic E-state index is 12.5. The van der Waals surface area contributed by atoms with Crippen molar-refractivity contribution in [3.8, 4) is 17.2 Å². The van der Waals surface area contributed by atoms with Gasteiger partial charge in [-0.1, -0.05) is 12.1 Å². The highest BCUT2D eigenvalue weighted by molar-refractivity contribution is 6.07. The summed E-state index contributed by atoms with van der Waals surface area (Å²) in [5.41, 5.74) is 2.07. The molecule has 1 aliphatic heterocycles. The second-order valence-corrected chi connectivity index (χ2v) is 6.54. The molecule has 2 N–H and O–H groups in total. The molecule has 0 saturated carbocycles. The van der Waals surface area contributed by atoms with Crippen molar-refractivity contribution >= 4 is 23.2 Å². The average molecular weight is 404 g/mol. The number of ether oxygens (including phenoxy) is 3. The van der Waals surface area contributed by atoms with Crippen molar-refractivity contribution in [2.75, 3.05) is 31.0 Å². The van der Waals surface area contributed by atoms with E-state index in [1.807, 2.05) is 12.1 Å². The Morgan fingerprint density at radius 1 is 0.800 bits per heavy atom. The first-order valence-electron chi connectivity index (χ1n) is 9.39. The van der Waals surface area contributed by atoms with Gasteiger partial charge in [-0.15, -0.1) is 0 Å². The number of amides is 2. The number of benzene rings is 3. The minimum atomic E-state index is -0.279. The zero-order valence-corrected chi connectivity index (χ0v) is 16.3. The van der Waals surface area contributed by atoms with Gasteiger partial charge in [-0.3, -0.25) is 9.59 Å². The number of hydrogen-bond acceptors (Lipinski definition) is 5. The Morgan fingerprint density at radius 3 is 2.23 bits per heavy atom. The molecule has 4 rings (SSSR count). The van der Waals surface area contributed by atoms with Crippen LogP contribution in [0.15, 0.2) is 66.7 Å². The summed E-state index contributed by atoms with van der Waals surface area (Å²) < 4.78 is 16.2. The van der Waals surface area contributed by atoms with Gasteiger partial charge in [-0.2, -0.15) is 0 Å². The molecule has 1 aliphatic rings. The Bertz CT molecular complexity index is 1080. The van der Waals surface area contributed by atoms with Gasteiger partial charge in [0.05, 0.1) is 12.8 Å². The van der Waals surface area contributed by atoms with Gasteiger partial charge in [0.25, 0.3) is 11.8 Å². The van der Waals surface area contributed by atoms with Gasteiger partial charge in [0.1, 0.15) is 19.0 Å². The van der Waals surface area contributed by atoms with Crippen LogP contribution in [0.3, 0.4) is 0 Å². The fourth-order valence-electron chi connectivity index (χ4n) is 3.04.